The Hall–Kier alpha value is -4.15. The molecule has 0 fully saturated rings. The Kier molecular flexibility index (Phi) is 12.8. The predicted octanol–water partition coefficient (Wildman–Crippen LogP) is 3.18. The highest BCUT2D eigenvalue weighted by Crippen LogP contribution is 2.45. The zero-order valence-corrected chi connectivity index (χ0v) is 27.1. The Labute approximate surface area is 266 Å². The van der Waals surface area contributed by atoms with Gasteiger partial charge in [0.1, 0.15) is 11.5 Å². The molecule has 0 radical (unpaired) electrons. The molecule has 0 saturated heterocycles. The van der Waals surface area contributed by atoms with Crippen LogP contribution in [0.3, 0.4) is 0 Å². The third-order valence-electron chi connectivity index (χ3n) is 8.34. The van der Waals surface area contributed by atoms with Crippen molar-refractivity contribution < 1.29 is 29.0 Å². The van der Waals surface area contributed by atoms with E-state index in [9.17, 15) is 19.5 Å². The van der Waals surface area contributed by atoms with Crippen molar-refractivity contribution in [3.05, 3.63) is 82.5 Å². The number of primary amides is 2. The van der Waals surface area contributed by atoms with E-state index in [1.165, 1.54) is 12.2 Å². The normalized spacial score (nSPS) is 17.5. The first-order chi connectivity index (χ1) is 21.5. The van der Waals surface area contributed by atoms with Crippen molar-refractivity contribution in [3.63, 3.8) is 0 Å². The summed E-state index contributed by atoms with van der Waals surface area (Å²) >= 11 is 0. The molecule has 0 saturated carbocycles. The minimum absolute atomic E-state index is 0.00842. The van der Waals surface area contributed by atoms with Gasteiger partial charge in [-0.3, -0.25) is 14.4 Å². The zero-order chi connectivity index (χ0) is 33.1. The largest absolute Gasteiger partial charge is 0.497 e. The van der Waals surface area contributed by atoms with Crippen LogP contribution < -0.4 is 26.3 Å². The SMILES string of the molecule is CCCN(CCC)C(=O)C1=CC(C(N)=O)=CC(C(N)=O)([C@H](Cc2cc(C)ccc2OC)[C@@H](O)CNCc2cccc(OC)c2)C1. The summed E-state index contributed by atoms with van der Waals surface area (Å²) < 4.78 is 11.0. The number of carbonyl (C=O) groups excluding carboxylic acids is 3. The average molecular weight is 621 g/mol. The van der Waals surface area contributed by atoms with Crippen LogP contribution in [0.15, 0.2) is 65.8 Å². The van der Waals surface area contributed by atoms with Crippen molar-refractivity contribution in [1.82, 2.24) is 10.2 Å². The Bertz CT molecular complexity index is 1410. The molecule has 1 aliphatic rings. The van der Waals surface area contributed by atoms with Crippen LogP contribution in [0.4, 0.5) is 0 Å². The van der Waals surface area contributed by atoms with E-state index in [1.54, 1.807) is 19.1 Å². The molecule has 0 bridgehead atoms. The number of hydrogen-bond donors (Lipinski definition) is 4. The number of nitrogens with zero attached hydrogens (tertiary/aromatic N) is 1. The highest BCUT2D eigenvalue weighted by molar-refractivity contribution is 6.03. The first-order valence-electron chi connectivity index (χ1n) is 15.5. The van der Waals surface area contributed by atoms with Crippen LogP contribution in [0.2, 0.25) is 0 Å². The van der Waals surface area contributed by atoms with E-state index >= 15 is 0 Å². The van der Waals surface area contributed by atoms with Crippen LogP contribution in [-0.4, -0.2) is 67.7 Å². The van der Waals surface area contributed by atoms with Gasteiger partial charge in [0, 0.05) is 43.2 Å². The number of hydrogen-bond acceptors (Lipinski definition) is 7. The number of amides is 3. The maximum Gasteiger partial charge on any atom is 0.249 e. The fraction of sp³-hybridized carbons (Fsp3) is 0.457. The van der Waals surface area contributed by atoms with Crippen LogP contribution in [0.1, 0.15) is 49.8 Å². The summed E-state index contributed by atoms with van der Waals surface area (Å²) in [5, 5.41) is 15.2. The third kappa shape index (κ3) is 8.73. The molecular weight excluding hydrogens is 572 g/mol. The molecule has 3 rings (SSSR count). The van der Waals surface area contributed by atoms with E-state index in [-0.39, 0.29) is 36.4 Å². The van der Waals surface area contributed by atoms with Gasteiger partial charge >= 0.3 is 0 Å². The molecular formula is C35H48N4O6. The van der Waals surface area contributed by atoms with E-state index in [4.69, 9.17) is 20.9 Å². The van der Waals surface area contributed by atoms with Gasteiger partial charge in [-0.05, 0) is 68.0 Å². The fourth-order valence-electron chi connectivity index (χ4n) is 6.09. The summed E-state index contributed by atoms with van der Waals surface area (Å²) in [5.41, 5.74) is 13.3. The van der Waals surface area contributed by atoms with Gasteiger partial charge in [0.15, 0.2) is 0 Å². The second kappa shape index (κ2) is 16.2. The lowest BCUT2D eigenvalue weighted by molar-refractivity contribution is -0.132. The lowest BCUT2D eigenvalue weighted by Gasteiger charge is -2.42. The van der Waals surface area contributed by atoms with E-state index in [1.807, 2.05) is 63.2 Å². The summed E-state index contributed by atoms with van der Waals surface area (Å²) in [4.78, 5) is 41.9. The van der Waals surface area contributed by atoms with E-state index in [0.29, 0.717) is 31.1 Å². The fourth-order valence-corrected chi connectivity index (χ4v) is 6.09. The van der Waals surface area contributed by atoms with Crippen molar-refractivity contribution >= 4 is 17.7 Å². The Morgan fingerprint density at radius 2 is 1.76 bits per heavy atom. The van der Waals surface area contributed by atoms with Gasteiger partial charge in [-0.15, -0.1) is 0 Å². The first-order valence-corrected chi connectivity index (χ1v) is 15.5. The van der Waals surface area contributed by atoms with Gasteiger partial charge in [0.05, 0.1) is 25.7 Å². The van der Waals surface area contributed by atoms with Crippen LogP contribution in [0.25, 0.3) is 0 Å². The smallest absolute Gasteiger partial charge is 0.249 e. The van der Waals surface area contributed by atoms with E-state index < -0.39 is 29.3 Å². The third-order valence-corrected chi connectivity index (χ3v) is 8.34. The zero-order valence-electron chi connectivity index (χ0n) is 27.1. The second-order valence-corrected chi connectivity index (χ2v) is 11.7. The molecule has 0 aromatic heterocycles. The summed E-state index contributed by atoms with van der Waals surface area (Å²) in [6, 6.07) is 13.2. The van der Waals surface area contributed by atoms with Crippen LogP contribution in [0, 0.1) is 18.3 Å². The monoisotopic (exact) mass is 620 g/mol. The number of aliphatic hydroxyl groups excluding tert-OH is 1. The average Bonchev–Trinajstić information content (AvgIpc) is 3.02. The number of aryl methyl sites for hydroxylation is 1. The van der Waals surface area contributed by atoms with Gasteiger partial charge in [-0.2, -0.15) is 0 Å². The van der Waals surface area contributed by atoms with Crippen molar-refractivity contribution in [3.8, 4) is 11.5 Å². The lowest BCUT2D eigenvalue weighted by Crippen LogP contribution is -2.52. The number of nitrogens with one attached hydrogen (secondary N) is 1. The second-order valence-electron chi connectivity index (χ2n) is 11.7. The minimum Gasteiger partial charge on any atom is -0.497 e. The van der Waals surface area contributed by atoms with Crippen LogP contribution in [-0.2, 0) is 27.3 Å². The van der Waals surface area contributed by atoms with Gasteiger partial charge in [-0.1, -0.05) is 49.8 Å². The quantitative estimate of drug-likeness (QED) is 0.212. The number of methoxy groups -OCH3 is 2. The number of rotatable bonds is 17. The van der Waals surface area contributed by atoms with Crippen molar-refractivity contribution in [2.75, 3.05) is 33.9 Å². The van der Waals surface area contributed by atoms with Crippen molar-refractivity contribution in [2.24, 2.45) is 22.8 Å². The number of benzene rings is 2. The van der Waals surface area contributed by atoms with E-state index in [2.05, 4.69) is 5.32 Å². The number of aliphatic hydroxyl groups is 1. The molecule has 45 heavy (non-hydrogen) atoms. The highest BCUT2D eigenvalue weighted by Gasteiger charge is 2.49. The topological polar surface area (TPSA) is 157 Å². The molecule has 0 heterocycles. The molecule has 3 amide bonds. The number of nitrogens with two attached hydrogens (primary N) is 2. The number of carbonyl (C=O) groups is 3. The molecule has 1 unspecified atom stereocenters. The van der Waals surface area contributed by atoms with Crippen molar-refractivity contribution in [2.45, 2.75) is 59.1 Å². The Morgan fingerprint density at radius 1 is 1.04 bits per heavy atom. The van der Waals surface area contributed by atoms with Crippen LogP contribution in [0.5, 0.6) is 11.5 Å². The lowest BCUT2D eigenvalue weighted by atomic mass is 9.63. The van der Waals surface area contributed by atoms with Gasteiger partial charge in [-0.25, -0.2) is 0 Å². The molecule has 2 aromatic carbocycles. The molecule has 10 nitrogen and oxygen atoms in total. The molecule has 2 aromatic rings. The first kappa shape index (κ1) is 35.3. The van der Waals surface area contributed by atoms with Gasteiger partial charge in [0.25, 0.3) is 0 Å². The Balaban J connectivity index is 2.09. The molecule has 1 aliphatic carbocycles. The molecule has 0 spiro atoms. The molecule has 6 N–H and O–H groups in total. The standard InChI is InChI=1S/C35H48N4O6/c1-6-13-39(14-7-2)33(42)27-17-26(32(36)41)19-35(20-27,34(37)43)29(18-25-15-23(3)11-12-31(25)45-5)30(40)22-38-21-24-9-8-10-28(16-24)44-4/h8-12,15-17,19,29-30,38,40H,6-7,13-14,18,20-22H2,1-5H3,(H2,36,41)(H2,37,43)/t29-,30+,35?/m1/s1. The molecule has 244 valence electrons. The van der Waals surface area contributed by atoms with Crippen molar-refractivity contribution in [1.29, 1.82) is 0 Å². The van der Waals surface area contributed by atoms with E-state index in [0.717, 1.165) is 29.5 Å². The van der Waals surface area contributed by atoms with Gasteiger partial charge in [0.2, 0.25) is 17.7 Å². The summed E-state index contributed by atoms with van der Waals surface area (Å²) in [6.07, 6.45) is 3.35. The molecule has 0 aliphatic heterocycles. The maximum atomic E-state index is 13.9. The Morgan fingerprint density at radius 3 is 2.36 bits per heavy atom. The molecule has 3 atom stereocenters. The molecule has 10 heteroatoms. The predicted molar refractivity (Wildman–Crippen MR) is 174 cm³/mol. The summed E-state index contributed by atoms with van der Waals surface area (Å²) in [7, 11) is 3.15. The summed E-state index contributed by atoms with van der Waals surface area (Å²) in [6.45, 7) is 7.45. The minimum atomic E-state index is -1.61. The maximum absolute atomic E-state index is 13.9. The number of ether oxygens (including phenoxy) is 2. The van der Waals surface area contributed by atoms with Crippen LogP contribution >= 0.6 is 0 Å². The highest BCUT2D eigenvalue weighted by atomic mass is 16.5. The summed E-state index contributed by atoms with van der Waals surface area (Å²) in [5.74, 6) is -1.40. The van der Waals surface area contributed by atoms with Gasteiger partial charge < -0.3 is 36.3 Å².